The molecule has 5 nitrogen and oxygen atoms in total. The second kappa shape index (κ2) is 7.72. The van der Waals surface area contributed by atoms with Crippen LogP contribution in [0.1, 0.15) is 23.2 Å². The fraction of sp³-hybridized carbons (Fsp3) is 0.316. The summed E-state index contributed by atoms with van der Waals surface area (Å²) in [6.07, 6.45) is 2.95. The van der Waals surface area contributed by atoms with Crippen LogP contribution >= 0.6 is 11.8 Å². The first-order chi connectivity index (χ1) is 12.3. The van der Waals surface area contributed by atoms with Crippen molar-refractivity contribution in [2.45, 2.75) is 27.9 Å². The Balaban J connectivity index is 1.60. The van der Waals surface area contributed by atoms with Gasteiger partial charge in [-0.2, -0.15) is 0 Å². The van der Waals surface area contributed by atoms with E-state index in [1.54, 1.807) is 23.9 Å². The van der Waals surface area contributed by atoms with Gasteiger partial charge in [-0.3, -0.25) is 4.79 Å². The first kappa shape index (κ1) is 18.8. The van der Waals surface area contributed by atoms with Crippen molar-refractivity contribution in [3.8, 4) is 0 Å². The minimum absolute atomic E-state index is 0.0751. The van der Waals surface area contributed by atoms with E-state index >= 15 is 0 Å². The summed E-state index contributed by atoms with van der Waals surface area (Å²) in [5.74, 6) is 0.0751. The van der Waals surface area contributed by atoms with Crippen molar-refractivity contribution in [3.63, 3.8) is 0 Å². The maximum Gasteiger partial charge on any atom is 0.253 e. The number of anilines is 1. The van der Waals surface area contributed by atoms with E-state index < -0.39 is 9.84 Å². The largest absolute Gasteiger partial charge is 0.398 e. The number of hydrogen-bond donors (Lipinski definition) is 1. The van der Waals surface area contributed by atoms with Crippen LogP contribution in [-0.4, -0.2) is 43.8 Å². The molecule has 0 bridgehead atoms. The molecule has 2 aromatic rings. The molecule has 1 saturated heterocycles. The van der Waals surface area contributed by atoms with Crippen molar-refractivity contribution in [3.05, 3.63) is 54.1 Å². The van der Waals surface area contributed by atoms with Gasteiger partial charge in [0.1, 0.15) is 0 Å². The number of benzene rings is 2. The third-order valence-electron chi connectivity index (χ3n) is 4.45. The lowest BCUT2D eigenvalue weighted by Gasteiger charge is -2.32. The van der Waals surface area contributed by atoms with E-state index in [2.05, 4.69) is 0 Å². The Kier molecular flexibility index (Phi) is 5.58. The summed E-state index contributed by atoms with van der Waals surface area (Å²) in [4.78, 5) is 15.5. The lowest BCUT2D eigenvalue weighted by atomic mass is 10.1. The van der Waals surface area contributed by atoms with E-state index in [-0.39, 0.29) is 10.8 Å². The Morgan fingerprint density at radius 3 is 2.35 bits per heavy atom. The zero-order chi connectivity index (χ0) is 18.7. The van der Waals surface area contributed by atoms with Gasteiger partial charge in [0.25, 0.3) is 5.91 Å². The fourth-order valence-electron chi connectivity index (χ4n) is 2.98. The fourth-order valence-corrected chi connectivity index (χ4v) is 4.79. The topological polar surface area (TPSA) is 80.5 Å². The molecular formula is C19H22N2O3S2. The van der Waals surface area contributed by atoms with Crippen molar-refractivity contribution < 1.29 is 13.2 Å². The Hall–Kier alpha value is -1.99. The summed E-state index contributed by atoms with van der Waals surface area (Å²) >= 11 is 1.66. The monoisotopic (exact) mass is 390 g/mol. The molecule has 0 radical (unpaired) electrons. The van der Waals surface area contributed by atoms with Gasteiger partial charge in [-0.1, -0.05) is 18.2 Å². The van der Waals surface area contributed by atoms with E-state index in [9.17, 15) is 13.2 Å². The Labute approximate surface area is 158 Å². The number of sulfone groups is 1. The lowest BCUT2D eigenvalue weighted by Crippen LogP contribution is -2.39. The first-order valence-corrected chi connectivity index (χ1v) is 11.2. The van der Waals surface area contributed by atoms with E-state index in [0.717, 1.165) is 23.3 Å². The summed E-state index contributed by atoms with van der Waals surface area (Å²) < 4.78 is 23.2. The molecule has 2 N–H and O–H groups in total. The van der Waals surface area contributed by atoms with Gasteiger partial charge in [-0.25, -0.2) is 8.42 Å². The number of thioether (sulfide) groups is 1. The third-order valence-corrected chi connectivity index (χ3v) is 6.99. The van der Waals surface area contributed by atoms with Crippen molar-refractivity contribution in [2.24, 2.45) is 0 Å². The number of rotatable bonds is 4. The summed E-state index contributed by atoms with van der Waals surface area (Å²) in [7, 11) is -3.25. The molecule has 0 aromatic heterocycles. The van der Waals surface area contributed by atoms with Crippen LogP contribution in [0.4, 0.5) is 5.69 Å². The third kappa shape index (κ3) is 4.40. The molecule has 138 valence electrons. The van der Waals surface area contributed by atoms with Crippen LogP contribution in [-0.2, 0) is 9.84 Å². The summed E-state index contributed by atoms with van der Waals surface area (Å²) in [5.41, 5.74) is 7.25. The molecule has 0 unspecified atom stereocenters. The molecule has 0 atom stereocenters. The highest BCUT2D eigenvalue weighted by molar-refractivity contribution is 8.00. The number of hydrogen-bond acceptors (Lipinski definition) is 5. The van der Waals surface area contributed by atoms with Crippen molar-refractivity contribution in [2.75, 3.05) is 25.1 Å². The molecule has 0 saturated carbocycles. The number of carbonyl (C=O) groups excluding carboxylic acids is 1. The number of piperidine rings is 1. The standard InChI is InChI=1S/C19H22N2O3S2/c1-26(23,24)16-7-8-18(17(20)13-16)25-15-9-11-21(12-10-15)19(22)14-5-3-2-4-6-14/h2-8,13,15H,9-12,20H2,1H3. The predicted octanol–water partition coefficient (Wildman–Crippen LogP) is 3.07. The van der Waals surface area contributed by atoms with Crippen molar-refractivity contribution >= 4 is 33.2 Å². The molecule has 0 aliphatic carbocycles. The summed E-state index contributed by atoms with van der Waals surface area (Å²) in [5, 5.41) is 0.362. The smallest absolute Gasteiger partial charge is 0.253 e. The highest BCUT2D eigenvalue weighted by Crippen LogP contribution is 2.35. The Bertz CT molecular complexity index is 890. The molecular weight excluding hydrogens is 368 g/mol. The molecule has 26 heavy (non-hydrogen) atoms. The molecule has 7 heteroatoms. The highest BCUT2D eigenvalue weighted by atomic mass is 32.2. The molecule has 1 fully saturated rings. The van der Waals surface area contributed by atoms with Gasteiger partial charge in [0.15, 0.2) is 9.84 Å². The second-order valence-electron chi connectivity index (χ2n) is 6.45. The second-order valence-corrected chi connectivity index (χ2v) is 9.81. The zero-order valence-corrected chi connectivity index (χ0v) is 16.2. The zero-order valence-electron chi connectivity index (χ0n) is 14.6. The molecule has 3 rings (SSSR count). The van der Waals surface area contributed by atoms with Crippen LogP contribution in [0.15, 0.2) is 58.3 Å². The highest BCUT2D eigenvalue weighted by Gasteiger charge is 2.24. The number of nitrogens with two attached hydrogens (primary N) is 1. The normalized spacial score (nSPS) is 15.8. The summed E-state index contributed by atoms with van der Waals surface area (Å²) in [6, 6.07) is 14.2. The summed E-state index contributed by atoms with van der Waals surface area (Å²) in [6.45, 7) is 1.43. The van der Waals surface area contributed by atoms with Gasteiger partial charge in [0.2, 0.25) is 0 Å². The minimum Gasteiger partial charge on any atom is -0.398 e. The average Bonchev–Trinajstić information content (AvgIpc) is 2.63. The maximum atomic E-state index is 12.5. The number of likely N-dealkylation sites (tertiary alicyclic amines) is 1. The van der Waals surface area contributed by atoms with Gasteiger partial charge < -0.3 is 10.6 Å². The van der Waals surface area contributed by atoms with Crippen LogP contribution in [0.5, 0.6) is 0 Å². The van der Waals surface area contributed by atoms with E-state index in [1.165, 1.54) is 12.3 Å². The van der Waals surface area contributed by atoms with E-state index in [0.29, 0.717) is 24.0 Å². The number of carbonyl (C=O) groups is 1. The van der Waals surface area contributed by atoms with Crippen LogP contribution in [0.25, 0.3) is 0 Å². The van der Waals surface area contributed by atoms with E-state index in [4.69, 9.17) is 5.73 Å². The van der Waals surface area contributed by atoms with Crippen molar-refractivity contribution in [1.29, 1.82) is 0 Å². The van der Waals surface area contributed by atoms with Gasteiger partial charge in [-0.15, -0.1) is 11.8 Å². The first-order valence-electron chi connectivity index (χ1n) is 8.45. The molecule has 1 amide bonds. The van der Waals surface area contributed by atoms with Crippen LogP contribution < -0.4 is 5.73 Å². The maximum absolute atomic E-state index is 12.5. The quantitative estimate of drug-likeness (QED) is 0.812. The minimum atomic E-state index is -3.25. The average molecular weight is 391 g/mol. The SMILES string of the molecule is CS(=O)(=O)c1ccc(SC2CCN(C(=O)c3ccccc3)CC2)c(N)c1. The lowest BCUT2D eigenvalue weighted by molar-refractivity contribution is 0.0727. The number of amides is 1. The Morgan fingerprint density at radius 2 is 1.77 bits per heavy atom. The van der Waals surface area contributed by atoms with Gasteiger partial charge in [0, 0.05) is 40.7 Å². The molecule has 1 aliphatic heterocycles. The molecule has 1 aliphatic rings. The van der Waals surface area contributed by atoms with Crippen LogP contribution in [0, 0.1) is 0 Å². The Morgan fingerprint density at radius 1 is 1.12 bits per heavy atom. The molecule has 0 spiro atoms. The van der Waals surface area contributed by atoms with E-state index in [1.807, 2.05) is 35.2 Å². The number of nitrogen functional groups attached to an aromatic ring is 1. The van der Waals surface area contributed by atoms with Crippen molar-refractivity contribution in [1.82, 2.24) is 4.90 Å². The molecule has 1 heterocycles. The predicted molar refractivity (Wildman–Crippen MR) is 105 cm³/mol. The van der Waals surface area contributed by atoms with Gasteiger partial charge in [0.05, 0.1) is 4.90 Å². The van der Waals surface area contributed by atoms with Crippen LogP contribution in [0.2, 0.25) is 0 Å². The van der Waals surface area contributed by atoms with Gasteiger partial charge >= 0.3 is 0 Å². The number of nitrogens with zero attached hydrogens (tertiary/aromatic N) is 1. The van der Waals surface area contributed by atoms with Crippen LogP contribution in [0.3, 0.4) is 0 Å². The van der Waals surface area contributed by atoms with Gasteiger partial charge in [-0.05, 0) is 43.2 Å². The molecule has 2 aromatic carbocycles.